The molecule has 0 saturated heterocycles. The zero-order valence-corrected chi connectivity index (χ0v) is 13.0. The quantitative estimate of drug-likeness (QED) is 0.797. The molecule has 0 fully saturated rings. The summed E-state index contributed by atoms with van der Waals surface area (Å²) >= 11 is 1.27. The van der Waals surface area contributed by atoms with E-state index >= 15 is 0 Å². The van der Waals surface area contributed by atoms with E-state index in [0.29, 0.717) is 5.92 Å². The van der Waals surface area contributed by atoms with E-state index in [1.807, 2.05) is 24.5 Å². The molecule has 0 aliphatic carbocycles. The van der Waals surface area contributed by atoms with Crippen molar-refractivity contribution in [2.75, 3.05) is 5.75 Å². The van der Waals surface area contributed by atoms with Gasteiger partial charge in [0.1, 0.15) is 0 Å². The number of nitrogens with zero attached hydrogens (tertiary/aromatic N) is 3. The largest absolute Gasteiger partial charge is 0.481 e. The van der Waals surface area contributed by atoms with Crippen LogP contribution in [-0.2, 0) is 17.8 Å². The van der Waals surface area contributed by atoms with Crippen molar-refractivity contribution in [3.05, 3.63) is 42.0 Å². The zero-order valence-electron chi connectivity index (χ0n) is 12.2. The van der Waals surface area contributed by atoms with Gasteiger partial charge in [0.05, 0.1) is 5.75 Å². The SMILES string of the molecule is CC(C)c1cnc(SCC(=O)O)n1CCc1cccnc1. The van der Waals surface area contributed by atoms with E-state index in [9.17, 15) is 4.79 Å². The average molecular weight is 305 g/mol. The van der Waals surface area contributed by atoms with Crippen LogP contribution in [0, 0.1) is 0 Å². The fraction of sp³-hybridized carbons (Fsp3) is 0.400. The Balaban J connectivity index is 2.14. The van der Waals surface area contributed by atoms with Crippen molar-refractivity contribution in [1.82, 2.24) is 14.5 Å². The van der Waals surface area contributed by atoms with Crippen LogP contribution in [0.2, 0.25) is 0 Å². The third-order valence-electron chi connectivity index (χ3n) is 3.11. The van der Waals surface area contributed by atoms with Gasteiger partial charge in [-0.1, -0.05) is 31.7 Å². The smallest absolute Gasteiger partial charge is 0.313 e. The van der Waals surface area contributed by atoms with Gasteiger partial charge >= 0.3 is 5.97 Å². The molecule has 0 bridgehead atoms. The topological polar surface area (TPSA) is 68.0 Å². The van der Waals surface area contributed by atoms with Gasteiger partial charge in [-0.25, -0.2) is 4.98 Å². The maximum absolute atomic E-state index is 10.7. The first kappa shape index (κ1) is 15.6. The number of thioether (sulfide) groups is 1. The van der Waals surface area contributed by atoms with E-state index in [-0.39, 0.29) is 5.75 Å². The molecule has 0 aromatic carbocycles. The number of carboxylic acid groups (broad SMARTS) is 1. The van der Waals surface area contributed by atoms with Crippen LogP contribution in [0.4, 0.5) is 0 Å². The Morgan fingerprint density at radius 3 is 2.86 bits per heavy atom. The van der Waals surface area contributed by atoms with E-state index in [1.165, 1.54) is 11.8 Å². The third kappa shape index (κ3) is 4.32. The van der Waals surface area contributed by atoms with E-state index < -0.39 is 5.97 Å². The molecule has 6 heteroatoms. The van der Waals surface area contributed by atoms with Crippen LogP contribution in [0.3, 0.4) is 0 Å². The second-order valence-corrected chi connectivity index (χ2v) is 6.01. The summed E-state index contributed by atoms with van der Waals surface area (Å²) in [6, 6.07) is 3.97. The van der Waals surface area contributed by atoms with Crippen LogP contribution in [0.25, 0.3) is 0 Å². The summed E-state index contributed by atoms with van der Waals surface area (Å²) < 4.78 is 2.12. The third-order valence-corrected chi connectivity index (χ3v) is 4.09. The predicted octanol–water partition coefficient (Wildman–Crippen LogP) is 2.82. The van der Waals surface area contributed by atoms with Gasteiger partial charge in [0, 0.05) is 30.8 Å². The number of hydrogen-bond acceptors (Lipinski definition) is 4. The number of pyridine rings is 1. The molecule has 0 saturated carbocycles. The number of carbonyl (C=O) groups is 1. The number of imidazole rings is 1. The molecular formula is C15H19N3O2S. The Kier molecular flexibility index (Phi) is 5.38. The molecule has 112 valence electrons. The highest BCUT2D eigenvalue weighted by atomic mass is 32.2. The number of hydrogen-bond donors (Lipinski definition) is 1. The minimum absolute atomic E-state index is 0.0292. The van der Waals surface area contributed by atoms with Crippen LogP contribution >= 0.6 is 11.8 Å². The van der Waals surface area contributed by atoms with E-state index in [4.69, 9.17) is 5.11 Å². The van der Waals surface area contributed by atoms with Crippen LogP contribution < -0.4 is 0 Å². The van der Waals surface area contributed by atoms with Crippen molar-refractivity contribution in [2.24, 2.45) is 0 Å². The Morgan fingerprint density at radius 1 is 1.43 bits per heavy atom. The van der Waals surface area contributed by atoms with E-state index in [0.717, 1.165) is 29.4 Å². The van der Waals surface area contributed by atoms with E-state index in [2.05, 4.69) is 28.4 Å². The normalized spacial score (nSPS) is 11.0. The molecule has 0 atom stereocenters. The van der Waals surface area contributed by atoms with Gasteiger partial charge in [-0.3, -0.25) is 9.78 Å². The number of aromatic nitrogens is 3. The highest BCUT2D eigenvalue weighted by Gasteiger charge is 2.14. The lowest BCUT2D eigenvalue weighted by Gasteiger charge is -2.13. The molecule has 2 rings (SSSR count). The number of carboxylic acids is 1. The van der Waals surface area contributed by atoms with Gasteiger partial charge in [0.2, 0.25) is 0 Å². The van der Waals surface area contributed by atoms with Gasteiger partial charge < -0.3 is 9.67 Å². The first-order valence-electron chi connectivity index (χ1n) is 6.87. The second-order valence-electron chi connectivity index (χ2n) is 5.07. The van der Waals surface area contributed by atoms with Crippen LogP contribution in [0.1, 0.15) is 31.0 Å². The summed E-state index contributed by atoms with van der Waals surface area (Å²) in [6.07, 6.45) is 6.31. The summed E-state index contributed by atoms with van der Waals surface area (Å²) in [5.74, 6) is -0.444. The Bertz CT molecular complexity index is 596. The Labute approximate surface area is 128 Å². The maximum atomic E-state index is 10.7. The van der Waals surface area contributed by atoms with E-state index in [1.54, 1.807) is 6.20 Å². The molecule has 0 amide bonds. The molecule has 0 aliphatic rings. The highest BCUT2D eigenvalue weighted by Crippen LogP contribution is 2.23. The number of aliphatic carboxylic acids is 1. The van der Waals surface area contributed by atoms with Crippen molar-refractivity contribution >= 4 is 17.7 Å². The summed E-state index contributed by atoms with van der Waals surface area (Å²) in [6.45, 7) is 5.01. The molecule has 0 spiro atoms. The highest BCUT2D eigenvalue weighted by molar-refractivity contribution is 7.99. The van der Waals surface area contributed by atoms with Crippen molar-refractivity contribution in [3.63, 3.8) is 0 Å². The molecule has 2 aromatic rings. The predicted molar refractivity (Wildman–Crippen MR) is 82.6 cm³/mol. The summed E-state index contributed by atoms with van der Waals surface area (Å²) in [5.41, 5.74) is 2.29. The summed E-state index contributed by atoms with van der Waals surface area (Å²) in [5, 5.41) is 9.59. The fourth-order valence-corrected chi connectivity index (χ4v) is 2.82. The minimum Gasteiger partial charge on any atom is -0.481 e. The molecule has 21 heavy (non-hydrogen) atoms. The fourth-order valence-electron chi connectivity index (χ4n) is 2.09. The van der Waals surface area contributed by atoms with Crippen molar-refractivity contribution in [3.8, 4) is 0 Å². The molecule has 2 heterocycles. The molecule has 1 N–H and O–H groups in total. The van der Waals surface area contributed by atoms with Gasteiger partial charge in [-0.05, 0) is 24.0 Å². The number of aryl methyl sites for hydroxylation is 1. The van der Waals surface area contributed by atoms with Gasteiger partial charge in [0.15, 0.2) is 5.16 Å². The molecular weight excluding hydrogens is 286 g/mol. The van der Waals surface area contributed by atoms with Crippen LogP contribution in [0.15, 0.2) is 35.9 Å². The Hall–Kier alpha value is -1.82. The standard InChI is InChI=1S/C15H19N3O2S/c1-11(2)13-9-17-15(21-10-14(19)20)18(13)7-5-12-4-3-6-16-8-12/h3-4,6,8-9,11H,5,7,10H2,1-2H3,(H,19,20). The molecule has 2 aromatic heterocycles. The molecule has 0 radical (unpaired) electrons. The zero-order chi connectivity index (χ0) is 15.2. The van der Waals surface area contributed by atoms with Crippen molar-refractivity contribution < 1.29 is 9.90 Å². The lowest BCUT2D eigenvalue weighted by molar-refractivity contribution is -0.133. The van der Waals surface area contributed by atoms with Gasteiger partial charge in [0.25, 0.3) is 0 Å². The maximum Gasteiger partial charge on any atom is 0.313 e. The van der Waals surface area contributed by atoms with Crippen LogP contribution in [0.5, 0.6) is 0 Å². The van der Waals surface area contributed by atoms with Crippen molar-refractivity contribution in [2.45, 2.75) is 37.9 Å². The summed E-state index contributed by atoms with van der Waals surface area (Å²) in [4.78, 5) is 19.2. The van der Waals surface area contributed by atoms with Crippen LogP contribution in [-0.4, -0.2) is 31.4 Å². The summed E-state index contributed by atoms with van der Waals surface area (Å²) in [7, 11) is 0. The van der Waals surface area contributed by atoms with Gasteiger partial charge in [-0.2, -0.15) is 0 Å². The average Bonchev–Trinajstić information content (AvgIpc) is 2.87. The lowest BCUT2D eigenvalue weighted by atomic mass is 10.1. The molecule has 0 unspecified atom stereocenters. The minimum atomic E-state index is -0.826. The molecule has 5 nitrogen and oxygen atoms in total. The molecule has 0 aliphatic heterocycles. The van der Waals surface area contributed by atoms with Gasteiger partial charge in [-0.15, -0.1) is 0 Å². The monoisotopic (exact) mass is 305 g/mol. The first-order chi connectivity index (χ1) is 10.1. The lowest BCUT2D eigenvalue weighted by Crippen LogP contribution is -2.09. The first-order valence-corrected chi connectivity index (χ1v) is 7.85. The second kappa shape index (κ2) is 7.26. The van der Waals surface area contributed by atoms with Crippen molar-refractivity contribution in [1.29, 1.82) is 0 Å². The number of rotatable bonds is 7. The Morgan fingerprint density at radius 2 is 2.24 bits per heavy atom.